The molecule has 3 aromatic rings. The van der Waals surface area contributed by atoms with Gasteiger partial charge in [-0.3, -0.25) is 4.79 Å². The molecule has 1 N–H and O–H groups in total. The van der Waals surface area contributed by atoms with Crippen LogP contribution in [0.1, 0.15) is 35.9 Å². The lowest BCUT2D eigenvalue weighted by molar-refractivity contribution is -0.122. The van der Waals surface area contributed by atoms with Crippen LogP contribution in [0.2, 0.25) is 0 Å². The smallest absolute Gasteiger partial charge is 0.227 e. The normalized spacial score (nSPS) is 15.5. The highest BCUT2D eigenvalue weighted by atomic mass is 79.9. The number of aromatic nitrogens is 2. The minimum Gasteiger partial charge on any atom is -0.493 e. The van der Waals surface area contributed by atoms with E-state index in [1.54, 1.807) is 19.1 Å². The Hall–Kier alpha value is -2.74. The van der Waals surface area contributed by atoms with Gasteiger partial charge in [-0.2, -0.15) is 4.98 Å². The summed E-state index contributed by atoms with van der Waals surface area (Å²) in [4.78, 5) is 16.7. The maximum absolute atomic E-state index is 13.7. The van der Waals surface area contributed by atoms with Crippen molar-refractivity contribution in [3.63, 3.8) is 0 Å². The average Bonchev–Trinajstić information content (AvgIpc) is 3.18. The number of carbonyl (C=O) groups excluding carboxylic acids is 1. The molecule has 8 heteroatoms. The summed E-state index contributed by atoms with van der Waals surface area (Å²) in [5, 5.41) is 6.93. The largest absolute Gasteiger partial charge is 0.493 e. The van der Waals surface area contributed by atoms with E-state index in [9.17, 15) is 9.18 Å². The lowest BCUT2D eigenvalue weighted by Crippen LogP contribution is -2.32. The number of hydrogen-bond donors (Lipinski definition) is 1. The van der Waals surface area contributed by atoms with Crippen molar-refractivity contribution in [2.45, 2.75) is 32.2 Å². The van der Waals surface area contributed by atoms with Crippen LogP contribution < -0.4 is 10.1 Å². The molecule has 1 amide bonds. The molecule has 6 nitrogen and oxygen atoms in total. The van der Waals surface area contributed by atoms with Crippen LogP contribution in [0.25, 0.3) is 11.4 Å². The molecule has 2 heterocycles. The van der Waals surface area contributed by atoms with E-state index in [1.165, 1.54) is 6.07 Å². The van der Waals surface area contributed by atoms with Crippen LogP contribution in [0.15, 0.2) is 45.4 Å². The molecule has 0 bridgehead atoms. The zero-order valence-corrected chi connectivity index (χ0v) is 17.3. The summed E-state index contributed by atoms with van der Waals surface area (Å²) < 4.78 is 25.5. The first kappa shape index (κ1) is 19.6. The molecular weight excluding hydrogens is 441 g/mol. The number of benzene rings is 2. The van der Waals surface area contributed by atoms with Gasteiger partial charge < -0.3 is 14.6 Å². The number of halogens is 2. The molecule has 0 fully saturated rings. The first-order chi connectivity index (χ1) is 14.0. The minimum absolute atomic E-state index is 0.0995. The van der Waals surface area contributed by atoms with Gasteiger partial charge in [-0.05, 0) is 36.8 Å². The zero-order valence-electron chi connectivity index (χ0n) is 15.7. The van der Waals surface area contributed by atoms with Crippen molar-refractivity contribution in [2.24, 2.45) is 0 Å². The molecule has 0 saturated heterocycles. The zero-order chi connectivity index (χ0) is 20.4. The van der Waals surface area contributed by atoms with Gasteiger partial charge in [0.25, 0.3) is 0 Å². The summed E-state index contributed by atoms with van der Waals surface area (Å²) in [5.41, 5.74) is 2.05. The number of hydrogen-bond acceptors (Lipinski definition) is 5. The predicted molar refractivity (Wildman–Crippen MR) is 108 cm³/mol. The summed E-state index contributed by atoms with van der Waals surface area (Å²) in [6.45, 7) is 2.24. The summed E-state index contributed by atoms with van der Waals surface area (Å²) >= 11 is 3.46. The van der Waals surface area contributed by atoms with Crippen LogP contribution in [-0.2, 0) is 11.2 Å². The van der Waals surface area contributed by atoms with Crippen molar-refractivity contribution in [1.29, 1.82) is 0 Å². The fraction of sp³-hybridized carbons (Fsp3) is 0.286. The summed E-state index contributed by atoms with van der Waals surface area (Å²) in [6, 6.07) is 10.4. The molecule has 0 saturated carbocycles. The highest BCUT2D eigenvalue weighted by Crippen LogP contribution is 2.34. The van der Waals surface area contributed by atoms with Crippen molar-refractivity contribution in [2.75, 3.05) is 6.61 Å². The van der Waals surface area contributed by atoms with E-state index in [0.717, 1.165) is 15.8 Å². The Morgan fingerprint density at radius 3 is 3.00 bits per heavy atom. The van der Waals surface area contributed by atoms with Crippen LogP contribution in [0.3, 0.4) is 0 Å². The van der Waals surface area contributed by atoms with Gasteiger partial charge in [-0.25, -0.2) is 4.39 Å². The van der Waals surface area contributed by atoms with Gasteiger partial charge in [0.05, 0.1) is 12.6 Å². The van der Waals surface area contributed by atoms with Crippen LogP contribution in [-0.4, -0.2) is 22.7 Å². The second kappa shape index (κ2) is 8.32. The van der Waals surface area contributed by atoms with Crippen molar-refractivity contribution in [3.05, 3.63) is 63.7 Å². The van der Waals surface area contributed by atoms with Crippen molar-refractivity contribution in [1.82, 2.24) is 15.5 Å². The molecule has 0 aliphatic carbocycles. The molecule has 0 radical (unpaired) electrons. The summed E-state index contributed by atoms with van der Waals surface area (Å²) in [5.74, 6) is 1.01. The van der Waals surface area contributed by atoms with Gasteiger partial charge >= 0.3 is 0 Å². The third-order valence-electron chi connectivity index (χ3n) is 4.81. The molecular formula is C21H19BrFN3O3. The SMILES string of the molecule is Cc1ccc(-c2noc(CCC(=O)NC3CCOc4ccc(Br)cc43)n2)cc1F. The van der Waals surface area contributed by atoms with Gasteiger partial charge in [-0.1, -0.05) is 33.2 Å². The van der Waals surface area contributed by atoms with E-state index in [0.29, 0.717) is 42.3 Å². The summed E-state index contributed by atoms with van der Waals surface area (Å²) in [7, 11) is 0. The maximum atomic E-state index is 13.7. The van der Waals surface area contributed by atoms with E-state index < -0.39 is 0 Å². The van der Waals surface area contributed by atoms with Crippen molar-refractivity contribution >= 4 is 21.8 Å². The fourth-order valence-corrected chi connectivity index (χ4v) is 3.59. The third-order valence-corrected chi connectivity index (χ3v) is 5.30. The number of amides is 1. The third kappa shape index (κ3) is 4.48. The quantitative estimate of drug-likeness (QED) is 0.606. The maximum Gasteiger partial charge on any atom is 0.227 e. The van der Waals surface area contributed by atoms with Crippen molar-refractivity contribution in [3.8, 4) is 17.1 Å². The molecule has 1 aliphatic heterocycles. The minimum atomic E-state index is -0.323. The van der Waals surface area contributed by atoms with E-state index in [-0.39, 0.29) is 24.2 Å². The second-order valence-electron chi connectivity index (χ2n) is 6.92. The van der Waals surface area contributed by atoms with Gasteiger partial charge in [0.15, 0.2) is 0 Å². The Morgan fingerprint density at radius 1 is 1.31 bits per heavy atom. The molecule has 1 unspecified atom stereocenters. The van der Waals surface area contributed by atoms with Crippen LogP contribution in [0, 0.1) is 12.7 Å². The number of rotatable bonds is 5. The first-order valence-electron chi connectivity index (χ1n) is 9.30. The van der Waals surface area contributed by atoms with E-state index in [2.05, 4.69) is 31.4 Å². The Balaban J connectivity index is 1.37. The number of nitrogens with zero attached hydrogens (tertiary/aromatic N) is 2. The molecule has 1 atom stereocenters. The number of carbonyl (C=O) groups is 1. The lowest BCUT2D eigenvalue weighted by Gasteiger charge is -2.26. The van der Waals surface area contributed by atoms with Crippen LogP contribution in [0.5, 0.6) is 5.75 Å². The fourth-order valence-electron chi connectivity index (χ4n) is 3.21. The highest BCUT2D eigenvalue weighted by molar-refractivity contribution is 9.10. The van der Waals surface area contributed by atoms with Gasteiger partial charge in [-0.15, -0.1) is 0 Å². The standard InChI is InChI=1S/C21H19BrFN3O3/c1-12-2-3-13(10-16(12)23)21-25-20(29-26-21)7-6-19(27)24-17-8-9-28-18-5-4-14(22)11-15(17)18/h2-5,10-11,17H,6-9H2,1H3,(H,24,27). The molecule has 29 heavy (non-hydrogen) atoms. The summed E-state index contributed by atoms with van der Waals surface area (Å²) in [6.07, 6.45) is 1.23. The Labute approximate surface area is 175 Å². The Kier molecular flexibility index (Phi) is 5.62. The van der Waals surface area contributed by atoms with Gasteiger partial charge in [0.2, 0.25) is 17.6 Å². The van der Waals surface area contributed by atoms with Crippen LogP contribution >= 0.6 is 15.9 Å². The molecule has 2 aromatic carbocycles. The number of fused-ring (bicyclic) bond motifs is 1. The Morgan fingerprint density at radius 2 is 2.17 bits per heavy atom. The Bertz CT molecular complexity index is 1050. The van der Waals surface area contributed by atoms with Crippen LogP contribution in [0.4, 0.5) is 4.39 Å². The topological polar surface area (TPSA) is 77.2 Å². The molecule has 0 spiro atoms. The number of ether oxygens (including phenoxy) is 1. The van der Waals surface area contributed by atoms with Gasteiger partial charge in [0, 0.05) is 34.9 Å². The average molecular weight is 460 g/mol. The van der Waals surface area contributed by atoms with E-state index in [4.69, 9.17) is 9.26 Å². The monoisotopic (exact) mass is 459 g/mol. The lowest BCUT2D eigenvalue weighted by atomic mass is 10.0. The second-order valence-corrected chi connectivity index (χ2v) is 7.83. The number of nitrogens with one attached hydrogen (secondary N) is 1. The predicted octanol–water partition coefficient (Wildman–Crippen LogP) is 4.52. The van der Waals surface area contributed by atoms with E-state index in [1.807, 2.05) is 18.2 Å². The molecule has 4 rings (SSSR count). The van der Waals surface area contributed by atoms with Crippen molar-refractivity contribution < 1.29 is 18.4 Å². The molecule has 150 valence electrons. The molecule has 1 aromatic heterocycles. The highest BCUT2D eigenvalue weighted by Gasteiger charge is 2.23. The first-order valence-corrected chi connectivity index (χ1v) is 10.1. The molecule has 1 aliphatic rings. The van der Waals surface area contributed by atoms with Gasteiger partial charge in [0.1, 0.15) is 11.6 Å². The van der Waals surface area contributed by atoms with E-state index >= 15 is 0 Å². The number of aryl methyl sites for hydroxylation is 2.